The smallest absolute Gasteiger partial charge is 0.407 e. The third-order valence-electron chi connectivity index (χ3n) is 4.05. The average Bonchev–Trinajstić information content (AvgIpc) is 2.86. The van der Waals surface area contributed by atoms with Crippen molar-refractivity contribution in [1.82, 2.24) is 15.5 Å². The molecule has 0 aromatic rings. The fourth-order valence-corrected chi connectivity index (χ4v) is 2.15. The molecule has 0 aliphatic rings. The normalized spacial score (nSPS) is 7.85. The second kappa shape index (κ2) is 82.4. The summed E-state index contributed by atoms with van der Waals surface area (Å²) in [6, 6.07) is -0.00184. The van der Waals surface area contributed by atoms with Crippen LogP contribution in [-0.4, -0.2) is 109 Å². The van der Waals surface area contributed by atoms with Crippen molar-refractivity contribution >= 4 is 24.9 Å². The first kappa shape index (κ1) is 97.9. The number of ether oxygens (including phenoxy) is 5. The Balaban J connectivity index is -0.0000000309. The second-order valence-corrected chi connectivity index (χ2v) is 6.89. The van der Waals surface area contributed by atoms with Gasteiger partial charge in [0.05, 0.1) is 25.7 Å². The topological polar surface area (TPSA) is 142 Å². The minimum Gasteiger partial charge on any atom is -0.447 e. The number of hydrogen-bond acceptors (Lipinski definition) is 9. The molecular weight excluding hydrogens is 926 g/mol. The molecule has 0 heterocycles. The van der Waals surface area contributed by atoms with Crippen LogP contribution in [0.25, 0.3) is 0 Å². The predicted octanol–water partition coefficient (Wildman–Crippen LogP) is 6.72. The van der Waals surface area contributed by atoms with Crippen LogP contribution in [0.2, 0.25) is 0 Å². The van der Waals surface area contributed by atoms with Gasteiger partial charge in [-0.05, 0) is 26.2 Å². The van der Waals surface area contributed by atoms with E-state index in [9.17, 15) is 14.4 Å². The summed E-state index contributed by atoms with van der Waals surface area (Å²) in [7, 11) is 1.68. The minimum atomic E-state index is -0.457. The van der Waals surface area contributed by atoms with E-state index in [1.165, 1.54) is 4.90 Å². The van der Waals surface area contributed by atoms with E-state index in [4.69, 9.17) is 28.5 Å². The zero-order chi connectivity index (χ0) is 28.0. The van der Waals surface area contributed by atoms with Gasteiger partial charge >= 0.3 is 12.2 Å². The van der Waals surface area contributed by atoms with Crippen molar-refractivity contribution in [1.29, 1.82) is 0 Å². The number of nitrogens with one attached hydrogen (secondary N) is 2. The van der Waals surface area contributed by atoms with Crippen molar-refractivity contribution in [2.24, 2.45) is 0 Å². The van der Waals surface area contributed by atoms with Gasteiger partial charge in [0.15, 0.2) is 0 Å². The van der Waals surface area contributed by atoms with Gasteiger partial charge in [0.2, 0.25) is 0 Å². The molecule has 0 aromatic carbocycles. The molecule has 16 heteroatoms. The van der Waals surface area contributed by atoms with E-state index >= 15 is 0 Å². The molecule has 1 atom stereocenters. The van der Waals surface area contributed by atoms with Crippen LogP contribution in [0.3, 0.4) is 0 Å². The van der Waals surface area contributed by atoms with Crippen LogP contribution >= 0.6 is 0 Å². The molecule has 0 saturated heterocycles. The summed E-state index contributed by atoms with van der Waals surface area (Å²) in [5, 5.41) is 5.38. The van der Waals surface area contributed by atoms with Gasteiger partial charge in [0.25, 0.3) is 0 Å². The molecule has 0 rings (SSSR count). The maximum absolute atomic E-state index is 11.4. The number of carbonyl (C=O) groups excluding carboxylic acids is 4. The Morgan fingerprint density at radius 1 is 0.667 bits per heavy atom. The number of amides is 3. The number of rotatable bonds is 18. The Morgan fingerprint density at radius 2 is 1.04 bits per heavy atom. The van der Waals surface area contributed by atoms with Gasteiger partial charge in [0.1, 0.15) is 20.0 Å². The van der Waals surface area contributed by atoms with E-state index < -0.39 is 12.2 Å². The van der Waals surface area contributed by atoms with E-state index in [1.807, 2.05) is 13.7 Å². The van der Waals surface area contributed by atoms with Gasteiger partial charge in [-0.15, -0.1) is 0 Å². The first-order valence-electron chi connectivity index (χ1n) is 11.6. The standard InChI is InChI=1S/C16H30N2O6.C7H13NO2.CH2O.8CH4.4Y/c1-4-21-10-12-23-15(19)17-9-7-6-8-14(3)18-16(20)24-13-11-22-5-2;1-4-10-6-5-8(3)7(2)9;1-2;;;;;;;;;;;;/h14H,1-2,4-13H2,3H3,(H,17,19)(H,18,20);1-2,4-6H2,3H3;1H2;8*1H4;;;;/q2*-2;;;;;;;;;;;;;. The van der Waals surface area contributed by atoms with Crippen LogP contribution in [-0.2, 0) is 164 Å². The SMILES string of the molecule is C.C.C.C.C.C.C.C.C=O.[CH2-]COCCN(C)C([CH2-])=O.[CH2-]COCCOC(=O)NCCCCC(C)NC(=O)OCCOC[CH2-].[Y].[Y].[Y].[Y]. The molecule has 0 fully saturated rings. The van der Waals surface area contributed by atoms with Gasteiger partial charge in [-0.2, -0.15) is 0 Å². The van der Waals surface area contributed by atoms with Crippen molar-refractivity contribution in [3.63, 3.8) is 0 Å². The Kier molecular flexibility index (Phi) is 168. The zero-order valence-electron chi connectivity index (χ0n) is 24.2. The molecule has 12 nitrogen and oxygen atoms in total. The number of hydrogen-bond donors (Lipinski definition) is 2. The number of likely N-dealkylation sites (N-methyl/N-ethyl adjacent to an activating group) is 1. The van der Waals surface area contributed by atoms with Crippen LogP contribution in [0.5, 0.6) is 0 Å². The molecule has 0 spiro atoms. The van der Waals surface area contributed by atoms with Gasteiger partial charge < -0.3 is 76.5 Å². The zero-order valence-corrected chi connectivity index (χ0v) is 35.6. The van der Waals surface area contributed by atoms with Crippen molar-refractivity contribution in [3.05, 3.63) is 27.7 Å². The van der Waals surface area contributed by atoms with Crippen LogP contribution in [0.4, 0.5) is 9.59 Å². The summed E-state index contributed by atoms with van der Waals surface area (Å²) in [6.45, 7) is 21.5. The maximum Gasteiger partial charge on any atom is 0.407 e. The van der Waals surface area contributed by atoms with E-state index in [1.54, 1.807) is 7.05 Å². The van der Waals surface area contributed by atoms with Gasteiger partial charge in [-0.25, -0.2) is 9.59 Å². The molecule has 0 aliphatic carbocycles. The fourth-order valence-electron chi connectivity index (χ4n) is 2.15. The van der Waals surface area contributed by atoms with Crippen molar-refractivity contribution in [2.75, 3.05) is 73.0 Å². The number of unbranched alkanes of at least 4 members (excludes halogenated alkanes) is 1. The quantitative estimate of drug-likeness (QED) is 0.113. The van der Waals surface area contributed by atoms with Crippen LogP contribution in [0, 0.1) is 27.7 Å². The van der Waals surface area contributed by atoms with Crippen molar-refractivity contribution in [2.45, 2.75) is 91.6 Å². The third kappa shape index (κ3) is 86.5. The summed E-state index contributed by atoms with van der Waals surface area (Å²) < 4.78 is 24.7. The molecule has 0 bridgehead atoms. The molecule has 1 unspecified atom stereocenters. The Hall–Kier alpha value is 1.85. The summed E-state index contributed by atoms with van der Waals surface area (Å²) in [5.74, 6) is -0.187. The van der Waals surface area contributed by atoms with E-state index in [0.29, 0.717) is 52.7 Å². The number of nitrogens with zero attached hydrogens (tertiary/aromatic N) is 1. The minimum absolute atomic E-state index is 0. The summed E-state index contributed by atoms with van der Waals surface area (Å²) >= 11 is 0. The number of alkyl carbamates (subject to hydrolysis) is 2. The largest absolute Gasteiger partial charge is 0.447 e. The van der Waals surface area contributed by atoms with Crippen molar-refractivity contribution in [3.8, 4) is 0 Å². The summed E-state index contributed by atoms with van der Waals surface area (Å²) in [6.07, 6.45) is 1.53. The van der Waals surface area contributed by atoms with Crippen LogP contribution in [0.15, 0.2) is 0 Å². The maximum atomic E-state index is 11.4. The molecule has 2 N–H and O–H groups in total. The summed E-state index contributed by atoms with van der Waals surface area (Å²) in [5.41, 5.74) is 0. The van der Waals surface area contributed by atoms with Gasteiger partial charge in [0, 0.05) is 157 Å². The van der Waals surface area contributed by atoms with Gasteiger partial charge in [-0.1, -0.05) is 79.2 Å². The molecule has 0 saturated carbocycles. The molecule has 0 aromatic heterocycles. The first-order chi connectivity index (χ1) is 17.3. The van der Waals surface area contributed by atoms with E-state index in [-0.39, 0.29) is 215 Å². The predicted molar refractivity (Wildman–Crippen MR) is 190 cm³/mol. The van der Waals surface area contributed by atoms with E-state index in [0.717, 1.165) is 19.3 Å². The molecular formula is C32H77N3O9Y4-4. The van der Waals surface area contributed by atoms with Gasteiger partial charge in [-0.3, -0.25) is 0 Å². The monoisotopic (exact) mass is 1000 g/mol. The van der Waals surface area contributed by atoms with E-state index in [2.05, 4.69) is 38.3 Å². The Bertz CT molecular complexity index is 549. The fraction of sp³-hybridized carbons (Fsp3) is 0.750. The third-order valence-corrected chi connectivity index (χ3v) is 4.05. The number of carbonyl (C=O) groups is 4. The molecule has 48 heavy (non-hydrogen) atoms. The molecule has 0 aliphatic heterocycles. The van der Waals surface area contributed by atoms with Crippen LogP contribution in [0.1, 0.15) is 85.6 Å². The Labute approximate surface area is 401 Å². The second-order valence-electron chi connectivity index (χ2n) is 6.89. The Morgan fingerprint density at radius 3 is 1.42 bits per heavy atom. The summed E-state index contributed by atoms with van der Waals surface area (Å²) in [4.78, 5) is 42.7. The molecule has 290 valence electrons. The molecule has 3 amide bonds. The molecule has 4 radical (unpaired) electrons. The average molecular weight is 1000 g/mol. The van der Waals surface area contributed by atoms with Crippen molar-refractivity contribution < 1.29 is 174 Å². The first-order valence-corrected chi connectivity index (χ1v) is 11.6. The van der Waals surface area contributed by atoms with Crippen LogP contribution < -0.4 is 10.6 Å².